The minimum absolute atomic E-state index is 0.140. The van der Waals surface area contributed by atoms with E-state index in [1.807, 2.05) is 50.2 Å². The molecule has 148 valence electrons. The monoisotopic (exact) mass is 390 g/mol. The van der Waals surface area contributed by atoms with Crippen LogP contribution in [0, 0.1) is 6.92 Å². The Labute approximate surface area is 168 Å². The molecule has 7 heteroatoms. The largest absolute Gasteiger partial charge is 0.494 e. The first-order valence-corrected chi connectivity index (χ1v) is 9.93. The number of furan rings is 1. The maximum Gasteiger partial charge on any atom is 0.227 e. The summed E-state index contributed by atoms with van der Waals surface area (Å²) in [5.41, 5.74) is 2.55. The van der Waals surface area contributed by atoms with E-state index in [-0.39, 0.29) is 5.78 Å². The molecule has 0 saturated heterocycles. The highest BCUT2D eigenvalue weighted by atomic mass is 16.5. The van der Waals surface area contributed by atoms with Crippen molar-refractivity contribution in [1.82, 2.24) is 14.8 Å². The standard InChI is InChI=1S/C22H22N4O3/c1-3-28-15-10-8-14(9-11-15)21-24-22-23-16-5-4-6-17(27)19(16)20(26(22)25-21)18-12-7-13(2)29-18/h7-12,20H,3-6H2,1-2H3,(H,23,24,25). The van der Waals surface area contributed by atoms with Crippen LogP contribution in [0.4, 0.5) is 5.95 Å². The van der Waals surface area contributed by atoms with Crippen LogP contribution in [0.1, 0.15) is 43.7 Å². The van der Waals surface area contributed by atoms with Crippen molar-refractivity contribution in [1.29, 1.82) is 0 Å². The smallest absolute Gasteiger partial charge is 0.227 e. The predicted molar refractivity (Wildman–Crippen MR) is 108 cm³/mol. The third-order valence-electron chi connectivity index (χ3n) is 5.32. The van der Waals surface area contributed by atoms with E-state index in [1.165, 1.54) is 0 Å². The molecule has 0 amide bonds. The summed E-state index contributed by atoms with van der Waals surface area (Å²) in [6, 6.07) is 11.1. The number of ketones is 1. The van der Waals surface area contributed by atoms with Crippen LogP contribution in [0.5, 0.6) is 5.75 Å². The fourth-order valence-corrected chi connectivity index (χ4v) is 4.01. The third kappa shape index (κ3) is 3.03. The van der Waals surface area contributed by atoms with Crippen molar-refractivity contribution in [3.8, 4) is 17.1 Å². The number of aromatic nitrogens is 3. The Kier molecular flexibility index (Phi) is 4.23. The highest BCUT2D eigenvalue weighted by Gasteiger charge is 2.38. The summed E-state index contributed by atoms with van der Waals surface area (Å²) in [5, 5.41) is 8.08. The number of benzene rings is 1. The van der Waals surface area contributed by atoms with Crippen LogP contribution in [0.15, 0.2) is 52.1 Å². The number of allylic oxidation sites excluding steroid dienone is 2. The molecular weight excluding hydrogens is 368 g/mol. The number of ether oxygens (including phenoxy) is 1. The van der Waals surface area contributed by atoms with Gasteiger partial charge in [0.15, 0.2) is 11.6 Å². The van der Waals surface area contributed by atoms with Gasteiger partial charge in [-0.25, -0.2) is 4.68 Å². The van der Waals surface area contributed by atoms with Gasteiger partial charge in [-0.1, -0.05) is 0 Å². The van der Waals surface area contributed by atoms with Crippen molar-refractivity contribution in [3.05, 3.63) is 59.2 Å². The zero-order valence-electron chi connectivity index (χ0n) is 16.4. The highest BCUT2D eigenvalue weighted by molar-refractivity contribution is 5.99. The number of aryl methyl sites for hydroxylation is 1. The molecule has 2 aliphatic rings. The summed E-state index contributed by atoms with van der Waals surface area (Å²) >= 11 is 0. The Bertz CT molecular complexity index is 1110. The fourth-order valence-electron chi connectivity index (χ4n) is 4.01. The molecule has 1 atom stereocenters. The van der Waals surface area contributed by atoms with Gasteiger partial charge >= 0.3 is 0 Å². The van der Waals surface area contributed by atoms with Crippen molar-refractivity contribution in [2.45, 2.75) is 39.2 Å². The minimum Gasteiger partial charge on any atom is -0.494 e. The van der Waals surface area contributed by atoms with Crippen molar-refractivity contribution in [2.24, 2.45) is 0 Å². The molecule has 1 aromatic carbocycles. The van der Waals surface area contributed by atoms with E-state index in [9.17, 15) is 4.79 Å². The number of hydrogen-bond donors (Lipinski definition) is 1. The SMILES string of the molecule is CCOc1ccc(-c2nc3n(n2)C(c2ccc(C)o2)C2=C(CCCC2=O)N3)cc1. The quantitative estimate of drug-likeness (QED) is 0.716. The Morgan fingerprint density at radius 1 is 1.21 bits per heavy atom. The van der Waals surface area contributed by atoms with Gasteiger partial charge in [0.05, 0.1) is 6.61 Å². The molecule has 7 nitrogen and oxygen atoms in total. The Hall–Kier alpha value is -3.35. The molecule has 0 fully saturated rings. The minimum atomic E-state index is -0.397. The van der Waals surface area contributed by atoms with Crippen LogP contribution in [-0.2, 0) is 4.79 Å². The van der Waals surface area contributed by atoms with Crippen LogP contribution in [0.3, 0.4) is 0 Å². The van der Waals surface area contributed by atoms with Crippen LogP contribution in [0.25, 0.3) is 11.4 Å². The third-order valence-corrected chi connectivity index (χ3v) is 5.32. The number of anilines is 1. The number of carbonyl (C=O) groups excluding carboxylic acids is 1. The van der Waals surface area contributed by atoms with Gasteiger partial charge in [-0.3, -0.25) is 4.79 Å². The Balaban J connectivity index is 1.59. The predicted octanol–water partition coefficient (Wildman–Crippen LogP) is 4.27. The molecule has 1 aliphatic carbocycles. The number of Topliss-reactive ketones (excluding diaryl/α,β-unsaturated/α-hetero) is 1. The van der Waals surface area contributed by atoms with E-state index >= 15 is 0 Å². The lowest BCUT2D eigenvalue weighted by Crippen LogP contribution is -2.31. The van der Waals surface area contributed by atoms with E-state index < -0.39 is 6.04 Å². The van der Waals surface area contributed by atoms with Crippen LogP contribution >= 0.6 is 0 Å². The summed E-state index contributed by atoms with van der Waals surface area (Å²) in [5.74, 6) is 3.68. The van der Waals surface area contributed by atoms with Gasteiger partial charge < -0.3 is 14.5 Å². The van der Waals surface area contributed by atoms with Gasteiger partial charge in [-0.05, 0) is 63.1 Å². The second-order valence-corrected chi connectivity index (χ2v) is 7.31. The van der Waals surface area contributed by atoms with Gasteiger partial charge in [0.2, 0.25) is 5.95 Å². The highest BCUT2D eigenvalue weighted by Crippen LogP contribution is 2.41. The Morgan fingerprint density at radius 3 is 2.76 bits per heavy atom. The number of rotatable bonds is 4. The fraction of sp³-hybridized carbons (Fsp3) is 0.318. The van der Waals surface area contributed by atoms with Gasteiger partial charge in [0.1, 0.15) is 23.3 Å². The summed E-state index contributed by atoms with van der Waals surface area (Å²) in [6.07, 6.45) is 2.21. The zero-order valence-corrected chi connectivity index (χ0v) is 16.4. The molecule has 3 heterocycles. The van der Waals surface area contributed by atoms with E-state index in [0.29, 0.717) is 30.6 Å². The Morgan fingerprint density at radius 2 is 2.03 bits per heavy atom. The number of hydrogen-bond acceptors (Lipinski definition) is 6. The molecule has 0 radical (unpaired) electrons. The lowest BCUT2D eigenvalue weighted by atomic mass is 9.88. The molecule has 0 bridgehead atoms. The van der Waals surface area contributed by atoms with Crippen LogP contribution < -0.4 is 10.1 Å². The van der Waals surface area contributed by atoms with Gasteiger partial charge in [-0.15, -0.1) is 5.10 Å². The van der Waals surface area contributed by atoms with Gasteiger partial charge in [0.25, 0.3) is 0 Å². The molecular formula is C22H22N4O3. The van der Waals surface area contributed by atoms with Crippen molar-refractivity contribution in [2.75, 3.05) is 11.9 Å². The van der Waals surface area contributed by atoms with E-state index in [0.717, 1.165) is 41.2 Å². The number of fused-ring (bicyclic) bond motifs is 1. The number of carbonyl (C=O) groups is 1. The van der Waals surface area contributed by atoms with Gasteiger partial charge in [0, 0.05) is 23.3 Å². The zero-order chi connectivity index (χ0) is 20.0. The first-order chi connectivity index (χ1) is 14.1. The van der Waals surface area contributed by atoms with E-state index in [4.69, 9.17) is 19.2 Å². The molecule has 5 rings (SSSR count). The topological polar surface area (TPSA) is 82.2 Å². The molecule has 29 heavy (non-hydrogen) atoms. The van der Waals surface area contributed by atoms with Gasteiger partial charge in [-0.2, -0.15) is 4.98 Å². The van der Waals surface area contributed by atoms with Crippen molar-refractivity contribution < 1.29 is 13.9 Å². The molecule has 0 spiro atoms. The van der Waals surface area contributed by atoms with Crippen LogP contribution in [0.2, 0.25) is 0 Å². The van der Waals surface area contributed by atoms with E-state index in [2.05, 4.69) is 5.32 Å². The van der Waals surface area contributed by atoms with Crippen LogP contribution in [-0.4, -0.2) is 27.2 Å². The van der Waals surface area contributed by atoms with E-state index in [1.54, 1.807) is 4.68 Å². The molecule has 1 aliphatic heterocycles. The normalized spacial score (nSPS) is 18.3. The molecule has 3 aromatic rings. The van der Waals surface area contributed by atoms with Crippen molar-refractivity contribution >= 4 is 11.7 Å². The molecule has 1 N–H and O–H groups in total. The first-order valence-electron chi connectivity index (χ1n) is 9.93. The molecule has 0 saturated carbocycles. The summed E-state index contributed by atoms with van der Waals surface area (Å²) in [4.78, 5) is 17.5. The number of nitrogens with zero attached hydrogens (tertiary/aromatic N) is 3. The first kappa shape index (κ1) is 17.7. The second-order valence-electron chi connectivity index (χ2n) is 7.31. The molecule has 1 unspecified atom stereocenters. The summed E-state index contributed by atoms with van der Waals surface area (Å²) in [6.45, 7) is 4.48. The average molecular weight is 390 g/mol. The summed E-state index contributed by atoms with van der Waals surface area (Å²) < 4.78 is 13.2. The second kappa shape index (κ2) is 6.92. The lowest BCUT2D eigenvalue weighted by Gasteiger charge is -2.30. The maximum atomic E-state index is 12.8. The molecule has 2 aromatic heterocycles. The van der Waals surface area contributed by atoms with Crippen molar-refractivity contribution in [3.63, 3.8) is 0 Å². The lowest BCUT2D eigenvalue weighted by molar-refractivity contribution is -0.116. The maximum absolute atomic E-state index is 12.8. The average Bonchev–Trinajstić information content (AvgIpc) is 3.33. The number of nitrogens with one attached hydrogen (secondary N) is 1. The summed E-state index contributed by atoms with van der Waals surface area (Å²) in [7, 11) is 0.